The van der Waals surface area contributed by atoms with Crippen LogP contribution in [-0.2, 0) is 6.42 Å². The number of carbonyl (C=O) groups excluding carboxylic acids is 1. The van der Waals surface area contributed by atoms with E-state index in [4.69, 9.17) is 4.74 Å². The third kappa shape index (κ3) is 5.17. The molecule has 2 heterocycles. The zero-order chi connectivity index (χ0) is 19.1. The van der Waals surface area contributed by atoms with Gasteiger partial charge in [-0.05, 0) is 30.7 Å². The summed E-state index contributed by atoms with van der Waals surface area (Å²) in [7, 11) is 1.67. The number of carbonyl (C=O) groups is 1. The van der Waals surface area contributed by atoms with Crippen molar-refractivity contribution in [2.24, 2.45) is 0 Å². The van der Waals surface area contributed by atoms with Gasteiger partial charge >= 0.3 is 0 Å². The van der Waals surface area contributed by atoms with E-state index in [-0.39, 0.29) is 5.91 Å². The number of hydrogen-bond acceptors (Lipinski definition) is 6. The monoisotopic (exact) mass is 369 g/mol. The normalized spacial score (nSPS) is 14.8. The zero-order valence-corrected chi connectivity index (χ0v) is 16.0. The number of ether oxygens (including phenoxy) is 1. The standard InChI is InChI=1S/C20H27N5O2/c1-3-24-9-11-25(12-10-24)20(26)18-14-19(23-15-22-18)21-8-7-16-5-4-6-17(13-16)27-2/h4-6,13-15H,3,7-12H2,1-2H3,(H,21,22,23). The smallest absolute Gasteiger partial charge is 0.272 e. The van der Waals surface area contributed by atoms with E-state index in [1.165, 1.54) is 11.9 Å². The molecule has 0 radical (unpaired) electrons. The Labute approximate surface area is 160 Å². The number of hydrogen-bond donors (Lipinski definition) is 1. The highest BCUT2D eigenvalue weighted by molar-refractivity contribution is 5.93. The summed E-state index contributed by atoms with van der Waals surface area (Å²) in [5, 5.41) is 3.27. The molecule has 0 saturated carbocycles. The molecule has 0 aliphatic carbocycles. The molecule has 0 bridgehead atoms. The second-order valence-corrected chi connectivity index (χ2v) is 6.54. The lowest BCUT2D eigenvalue weighted by Gasteiger charge is -2.33. The fraction of sp³-hybridized carbons (Fsp3) is 0.450. The first kappa shape index (κ1) is 19.1. The number of amides is 1. The van der Waals surface area contributed by atoms with Gasteiger partial charge in [0, 0.05) is 38.8 Å². The molecule has 1 N–H and O–H groups in total. The molecule has 1 fully saturated rings. The molecule has 7 nitrogen and oxygen atoms in total. The predicted octanol–water partition coefficient (Wildman–Crippen LogP) is 1.92. The summed E-state index contributed by atoms with van der Waals surface area (Å²) in [4.78, 5) is 25.3. The van der Waals surface area contributed by atoms with Crippen LogP contribution in [0.5, 0.6) is 5.75 Å². The van der Waals surface area contributed by atoms with Gasteiger partial charge in [-0.1, -0.05) is 19.1 Å². The topological polar surface area (TPSA) is 70.6 Å². The first-order valence-corrected chi connectivity index (χ1v) is 9.40. The van der Waals surface area contributed by atoms with Crippen molar-refractivity contribution >= 4 is 11.7 Å². The molecule has 1 aromatic carbocycles. The van der Waals surface area contributed by atoms with Gasteiger partial charge in [0.15, 0.2) is 0 Å². The Morgan fingerprint density at radius 1 is 1.19 bits per heavy atom. The molecule has 7 heteroatoms. The van der Waals surface area contributed by atoms with Crippen molar-refractivity contribution in [1.82, 2.24) is 19.8 Å². The molecular weight excluding hydrogens is 342 g/mol. The number of methoxy groups -OCH3 is 1. The van der Waals surface area contributed by atoms with Crippen LogP contribution in [0.1, 0.15) is 23.0 Å². The van der Waals surface area contributed by atoms with E-state index >= 15 is 0 Å². The molecule has 1 aromatic heterocycles. The molecule has 0 unspecified atom stereocenters. The minimum Gasteiger partial charge on any atom is -0.497 e. The molecular formula is C20H27N5O2. The van der Waals surface area contributed by atoms with Crippen molar-refractivity contribution in [3.05, 3.63) is 47.9 Å². The Hall–Kier alpha value is -2.67. The van der Waals surface area contributed by atoms with Crippen LogP contribution in [0.25, 0.3) is 0 Å². The Morgan fingerprint density at radius 2 is 2.00 bits per heavy atom. The molecule has 0 atom stereocenters. The fourth-order valence-electron chi connectivity index (χ4n) is 3.16. The second kappa shape index (κ2) is 9.32. The van der Waals surface area contributed by atoms with Crippen LogP contribution >= 0.6 is 0 Å². The Kier molecular flexibility index (Phi) is 6.59. The van der Waals surface area contributed by atoms with E-state index in [2.05, 4.69) is 33.2 Å². The van der Waals surface area contributed by atoms with Crippen LogP contribution in [0.4, 0.5) is 5.82 Å². The molecule has 1 aliphatic rings. The van der Waals surface area contributed by atoms with Crippen LogP contribution in [-0.4, -0.2) is 72.1 Å². The van der Waals surface area contributed by atoms with Crippen LogP contribution in [0.3, 0.4) is 0 Å². The summed E-state index contributed by atoms with van der Waals surface area (Å²) < 4.78 is 5.25. The van der Waals surface area contributed by atoms with Gasteiger partial charge in [-0.15, -0.1) is 0 Å². The van der Waals surface area contributed by atoms with E-state index < -0.39 is 0 Å². The van der Waals surface area contributed by atoms with Crippen LogP contribution < -0.4 is 10.1 Å². The lowest BCUT2D eigenvalue weighted by atomic mass is 10.1. The molecule has 1 aliphatic heterocycles. The van der Waals surface area contributed by atoms with E-state index in [1.807, 2.05) is 23.1 Å². The molecule has 1 amide bonds. The van der Waals surface area contributed by atoms with Gasteiger partial charge in [0.25, 0.3) is 5.91 Å². The van der Waals surface area contributed by atoms with E-state index in [0.717, 1.165) is 44.9 Å². The van der Waals surface area contributed by atoms with Crippen molar-refractivity contribution < 1.29 is 9.53 Å². The maximum Gasteiger partial charge on any atom is 0.272 e. The number of nitrogens with one attached hydrogen (secondary N) is 1. The van der Waals surface area contributed by atoms with Crippen LogP contribution in [0, 0.1) is 0 Å². The lowest BCUT2D eigenvalue weighted by molar-refractivity contribution is 0.0637. The SMILES string of the molecule is CCN1CCN(C(=O)c2cc(NCCc3cccc(OC)c3)ncn2)CC1. The highest BCUT2D eigenvalue weighted by Crippen LogP contribution is 2.14. The van der Waals surface area contributed by atoms with Gasteiger partial charge in [0.2, 0.25) is 0 Å². The molecule has 2 aromatic rings. The van der Waals surface area contributed by atoms with Gasteiger partial charge in [-0.2, -0.15) is 0 Å². The molecule has 0 spiro atoms. The molecule has 1 saturated heterocycles. The second-order valence-electron chi connectivity index (χ2n) is 6.54. The van der Waals surface area contributed by atoms with Crippen molar-refractivity contribution in [3.8, 4) is 5.75 Å². The predicted molar refractivity (Wildman–Crippen MR) is 105 cm³/mol. The number of piperazine rings is 1. The first-order chi connectivity index (χ1) is 13.2. The third-order valence-corrected chi connectivity index (χ3v) is 4.85. The fourth-order valence-corrected chi connectivity index (χ4v) is 3.16. The Bertz CT molecular complexity index is 760. The van der Waals surface area contributed by atoms with Gasteiger partial charge in [0.1, 0.15) is 23.6 Å². The number of rotatable bonds is 7. The highest BCUT2D eigenvalue weighted by atomic mass is 16.5. The largest absolute Gasteiger partial charge is 0.497 e. The minimum atomic E-state index is -0.0241. The van der Waals surface area contributed by atoms with Gasteiger partial charge in [-0.25, -0.2) is 9.97 Å². The number of aromatic nitrogens is 2. The number of nitrogens with zero attached hydrogens (tertiary/aromatic N) is 4. The summed E-state index contributed by atoms with van der Waals surface area (Å²) in [5.74, 6) is 1.50. The summed E-state index contributed by atoms with van der Waals surface area (Å²) >= 11 is 0. The Morgan fingerprint density at radius 3 is 2.74 bits per heavy atom. The minimum absolute atomic E-state index is 0.0241. The van der Waals surface area contributed by atoms with Crippen LogP contribution in [0.2, 0.25) is 0 Å². The molecule has 144 valence electrons. The lowest BCUT2D eigenvalue weighted by Crippen LogP contribution is -2.48. The summed E-state index contributed by atoms with van der Waals surface area (Å²) in [6, 6.07) is 9.73. The summed E-state index contributed by atoms with van der Waals surface area (Å²) in [6.07, 6.45) is 2.28. The summed E-state index contributed by atoms with van der Waals surface area (Å²) in [5.41, 5.74) is 1.62. The number of anilines is 1. The third-order valence-electron chi connectivity index (χ3n) is 4.85. The molecule has 3 rings (SSSR count). The van der Waals surface area contributed by atoms with Crippen molar-refractivity contribution in [2.45, 2.75) is 13.3 Å². The highest BCUT2D eigenvalue weighted by Gasteiger charge is 2.22. The number of benzene rings is 1. The van der Waals surface area contributed by atoms with Gasteiger partial charge in [-0.3, -0.25) is 4.79 Å². The average molecular weight is 369 g/mol. The van der Waals surface area contributed by atoms with Crippen molar-refractivity contribution in [3.63, 3.8) is 0 Å². The molecule has 27 heavy (non-hydrogen) atoms. The first-order valence-electron chi connectivity index (χ1n) is 9.40. The Balaban J connectivity index is 1.54. The van der Waals surface area contributed by atoms with Crippen LogP contribution in [0.15, 0.2) is 36.7 Å². The quantitative estimate of drug-likeness (QED) is 0.804. The average Bonchev–Trinajstić information content (AvgIpc) is 2.73. The summed E-state index contributed by atoms with van der Waals surface area (Å²) in [6.45, 7) is 7.21. The van der Waals surface area contributed by atoms with E-state index in [1.54, 1.807) is 13.2 Å². The zero-order valence-electron chi connectivity index (χ0n) is 16.0. The maximum atomic E-state index is 12.7. The van der Waals surface area contributed by atoms with Crippen molar-refractivity contribution in [2.75, 3.05) is 51.7 Å². The van der Waals surface area contributed by atoms with Crippen molar-refractivity contribution in [1.29, 1.82) is 0 Å². The van der Waals surface area contributed by atoms with Gasteiger partial charge < -0.3 is 19.9 Å². The van der Waals surface area contributed by atoms with E-state index in [0.29, 0.717) is 18.1 Å². The van der Waals surface area contributed by atoms with Gasteiger partial charge in [0.05, 0.1) is 7.11 Å². The number of likely N-dealkylation sites (N-methyl/N-ethyl adjacent to an activating group) is 1. The van der Waals surface area contributed by atoms with E-state index in [9.17, 15) is 4.79 Å². The maximum absolute atomic E-state index is 12.7.